The molecule has 1 aliphatic rings. The highest BCUT2D eigenvalue weighted by atomic mass is 32.1. The van der Waals surface area contributed by atoms with E-state index in [1.165, 1.54) is 19.3 Å². The number of aromatic nitrogens is 2. The Hall–Kier alpha value is -1.20. The van der Waals surface area contributed by atoms with Crippen LogP contribution in [0.25, 0.3) is 10.2 Å². The third-order valence-corrected chi connectivity index (χ3v) is 4.80. The number of fused-ring (bicyclic) bond motifs is 1. The van der Waals surface area contributed by atoms with Gasteiger partial charge in [-0.2, -0.15) is 0 Å². The van der Waals surface area contributed by atoms with Crippen LogP contribution in [0, 0.1) is 11.8 Å². The molecule has 18 heavy (non-hydrogen) atoms. The van der Waals surface area contributed by atoms with Crippen LogP contribution in [0.4, 0.5) is 5.82 Å². The van der Waals surface area contributed by atoms with Crippen molar-refractivity contribution in [2.45, 2.75) is 19.3 Å². The van der Waals surface area contributed by atoms with E-state index in [9.17, 15) is 0 Å². The number of hydrogen-bond donors (Lipinski definition) is 2. The minimum Gasteiger partial charge on any atom is -0.368 e. The maximum absolute atomic E-state index is 5.82. The van der Waals surface area contributed by atoms with Crippen LogP contribution in [-0.4, -0.2) is 23.1 Å². The Bertz CT molecular complexity index is 524. The summed E-state index contributed by atoms with van der Waals surface area (Å²) >= 11 is 1.69. The Balaban J connectivity index is 1.71. The summed E-state index contributed by atoms with van der Waals surface area (Å²) in [6.45, 7) is 1.79. The smallest absolute Gasteiger partial charge is 0.147 e. The first-order valence-corrected chi connectivity index (χ1v) is 7.38. The van der Waals surface area contributed by atoms with Crippen molar-refractivity contribution < 1.29 is 0 Å². The van der Waals surface area contributed by atoms with Gasteiger partial charge in [-0.25, -0.2) is 9.97 Å². The third-order valence-electron chi connectivity index (χ3n) is 3.89. The van der Waals surface area contributed by atoms with Gasteiger partial charge in [0.2, 0.25) is 0 Å². The van der Waals surface area contributed by atoms with Crippen LogP contribution in [0.2, 0.25) is 0 Å². The number of nitrogens with one attached hydrogen (secondary N) is 1. The molecule has 96 valence electrons. The molecule has 0 bridgehead atoms. The molecule has 3 rings (SSSR count). The number of hydrogen-bond acceptors (Lipinski definition) is 5. The van der Waals surface area contributed by atoms with Gasteiger partial charge in [-0.1, -0.05) is 6.42 Å². The summed E-state index contributed by atoms with van der Waals surface area (Å²) in [7, 11) is 0. The van der Waals surface area contributed by atoms with Gasteiger partial charge in [0.25, 0.3) is 0 Å². The van der Waals surface area contributed by atoms with E-state index in [0.717, 1.165) is 29.1 Å². The largest absolute Gasteiger partial charge is 0.368 e. The van der Waals surface area contributed by atoms with E-state index < -0.39 is 0 Å². The summed E-state index contributed by atoms with van der Waals surface area (Å²) in [5, 5.41) is 5.54. The van der Waals surface area contributed by atoms with Crippen LogP contribution >= 0.6 is 11.3 Å². The minimum atomic E-state index is 0.679. The molecule has 0 saturated heterocycles. The van der Waals surface area contributed by atoms with Gasteiger partial charge in [0, 0.05) is 6.54 Å². The summed E-state index contributed by atoms with van der Waals surface area (Å²) in [5.41, 5.74) is 6.84. The fraction of sp³-hybridized carbons (Fsp3) is 0.538. The van der Waals surface area contributed by atoms with Crippen molar-refractivity contribution in [3.05, 3.63) is 17.8 Å². The summed E-state index contributed by atoms with van der Waals surface area (Å²) < 4.78 is 1.15. The first-order chi connectivity index (χ1) is 8.88. The second kappa shape index (κ2) is 5.20. The van der Waals surface area contributed by atoms with Gasteiger partial charge in [0.05, 0.1) is 10.2 Å². The van der Waals surface area contributed by atoms with E-state index in [0.29, 0.717) is 11.8 Å². The van der Waals surface area contributed by atoms with Crippen LogP contribution in [-0.2, 0) is 0 Å². The molecule has 2 unspecified atom stereocenters. The number of nitrogens with zero attached hydrogens (tertiary/aromatic N) is 2. The van der Waals surface area contributed by atoms with Crippen LogP contribution in [0.3, 0.4) is 0 Å². The van der Waals surface area contributed by atoms with Gasteiger partial charge in [0.15, 0.2) is 0 Å². The number of nitrogens with two attached hydrogens (primary N) is 1. The molecule has 0 spiro atoms. The highest BCUT2D eigenvalue weighted by Gasteiger charge is 2.25. The van der Waals surface area contributed by atoms with Crippen LogP contribution in [0.5, 0.6) is 0 Å². The summed E-state index contributed by atoms with van der Waals surface area (Å²) in [4.78, 5) is 8.60. The Kier molecular flexibility index (Phi) is 3.43. The zero-order chi connectivity index (χ0) is 12.4. The third kappa shape index (κ3) is 2.20. The maximum atomic E-state index is 5.82. The van der Waals surface area contributed by atoms with E-state index in [1.807, 2.05) is 6.07 Å². The van der Waals surface area contributed by atoms with Crippen molar-refractivity contribution in [3.63, 3.8) is 0 Å². The minimum absolute atomic E-state index is 0.679. The standard InChI is InChI=1S/C13H18N4S/c14-6-9-2-1-3-10(9)7-15-13-12-11(4-5-18-12)16-8-17-13/h4-5,8-10H,1-3,6-7,14H2,(H,15,16,17). The molecule has 1 aliphatic carbocycles. The van der Waals surface area contributed by atoms with Gasteiger partial charge in [-0.15, -0.1) is 11.3 Å². The van der Waals surface area contributed by atoms with E-state index in [-0.39, 0.29) is 0 Å². The second-order valence-electron chi connectivity index (χ2n) is 4.92. The molecular weight excluding hydrogens is 244 g/mol. The Labute approximate surface area is 111 Å². The van der Waals surface area contributed by atoms with Crippen molar-refractivity contribution in [3.8, 4) is 0 Å². The predicted molar refractivity (Wildman–Crippen MR) is 75.8 cm³/mol. The molecule has 2 heterocycles. The van der Waals surface area contributed by atoms with Crippen LogP contribution < -0.4 is 11.1 Å². The highest BCUT2D eigenvalue weighted by Crippen LogP contribution is 2.32. The molecule has 2 aromatic rings. The first kappa shape index (κ1) is 11.9. The number of anilines is 1. The average Bonchev–Trinajstić information content (AvgIpc) is 3.04. The normalized spacial score (nSPS) is 23.6. The SMILES string of the molecule is NCC1CCCC1CNc1ncnc2ccsc12. The summed E-state index contributed by atoms with van der Waals surface area (Å²) in [6, 6.07) is 2.03. The predicted octanol–water partition coefficient (Wildman–Crippen LogP) is 2.48. The molecule has 5 heteroatoms. The van der Waals surface area contributed by atoms with Gasteiger partial charge in [-0.3, -0.25) is 0 Å². The van der Waals surface area contributed by atoms with Crippen LogP contribution in [0.15, 0.2) is 17.8 Å². The average molecular weight is 262 g/mol. The lowest BCUT2D eigenvalue weighted by Gasteiger charge is -2.18. The Morgan fingerprint density at radius 2 is 2.22 bits per heavy atom. The lowest BCUT2D eigenvalue weighted by Crippen LogP contribution is -2.24. The second-order valence-corrected chi connectivity index (χ2v) is 5.84. The van der Waals surface area contributed by atoms with E-state index in [4.69, 9.17) is 5.73 Å². The molecule has 0 aliphatic heterocycles. The van der Waals surface area contributed by atoms with Crippen molar-refractivity contribution in [1.82, 2.24) is 9.97 Å². The molecule has 4 nitrogen and oxygen atoms in total. The fourth-order valence-electron chi connectivity index (χ4n) is 2.84. The monoisotopic (exact) mass is 262 g/mol. The van der Waals surface area contributed by atoms with E-state index >= 15 is 0 Å². The topological polar surface area (TPSA) is 63.8 Å². The van der Waals surface area contributed by atoms with Gasteiger partial charge >= 0.3 is 0 Å². The van der Waals surface area contributed by atoms with Crippen molar-refractivity contribution in [2.24, 2.45) is 17.6 Å². The fourth-order valence-corrected chi connectivity index (χ4v) is 3.65. The highest BCUT2D eigenvalue weighted by molar-refractivity contribution is 7.17. The van der Waals surface area contributed by atoms with Crippen molar-refractivity contribution >= 4 is 27.4 Å². The lowest BCUT2D eigenvalue weighted by molar-refractivity contribution is 0.414. The molecule has 3 N–H and O–H groups in total. The molecule has 1 fully saturated rings. The molecule has 2 atom stereocenters. The van der Waals surface area contributed by atoms with Crippen molar-refractivity contribution in [2.75, 3.05) is 18.4 Å². The van der Waals surface area contributed by atoms with Gasteiger partial charge in [-0.05, 0) is 42.7 Å². The Morgan fingerprint density at radius 3 is 3.11 bits per heavy atom. The Morgan fingerprint density at radius 1 is 1.33 bits per heavy atom. The van der Waals surface area contributed by atoms with Crippen LogP contribution in [0.1, 0.15) is 19.3 Å². The molecule has 1 saturated carbocycles. The van der Waals surface area contributed by atoms with E-state index in [2.05, 4.69) is 20.7 Å². The first-order valence-electron chi connectivity index (χ1n) is 6.50. The van der Waals surface area contributed by atoms with Gasteiger partial charge < -0.3 is 11.1 Å². The number of rotatable bonds is 4. The summed E-state index contributed by atoms with van der Waals surface area (Å²) in [5.74, 6) is 2.34. The molecule has 0 radical (unpaired) electrons. The quantitative estimate of drug-likeness (QED) is 0.888. The summed E-state index contributed by atoms with van der Waals surface area (Å²) in [6.07, 6.45) is 5.51. The zero-order valence-electron chi connectivity index (χ0n) is 10.3. The molecule has 0 aromatic carbocycles. The molecule has 0 amide bonds. The van der Waals surface area contributed by atoms with E-state index in [1.54, 1.807) is 17.7 Å². The van der Waals surface area contributed by atoms with Gasteiger partial charge in [0.1, 0.15) is 12.1 Å². The molecule has 2 aromatic heterocycles. The maximum Gasteiger partial charge on any atom is 0.147 e. The van der Waals surface area contributed by atoms with Crippen molar-refractivity contribution in [1.29, 1.82) is 0 Å². The molecular formula is C13H18N4S. The zero-order valence-corrected chi connectivity index (χ0v) is 11.1. The lowest BCUT2D eigenvalue weighted by atomic mass is 9.96. The number of thiophene rings is 1.